The van der Waals surface area contributed by atoms with Gasteiger partial charge in [0.15, 0.2) is 0 Å². The van der Waals surface area contributed by atoms with Crippen molar-refractivity contribution < 1.29 is 9.53 Å². The van der Waals surface area contributed by atoms with E-state index >= 15 is 0 Å². The minimum absolute atomic E-state index is 0.0626. The Kier molecular flexibility index (Phi) is 5.31. The predicted octanol–water partition coefficient (Wildman–Crippen LogP) is 1.94. The van der Waals surface area contributed by atoms with E-state index < -0.39 is 5.54 Å². The molecule has 0 aliphatic rings. The molecular formula is C14H22N2O2. The maximum Gasteiger partial charge on any atom is 0.226 e. The quantitative estimate of drug-likeness (QED) is 0.811. The summed E-state index contributed by atoms with van der Waals surface area (Å²) in [6, 6.07) is 7.74. The molecule has 0 heterocycles. The van der Waals surface area contributed by atoms with Crippen LogP contribution in [0.15, 0.2) is 24.3 Å². The number of carbonyl (C=O) groups is 1. The summed E-state index contributed by atoms with van der Waals surface area (Å²) < 4.78 is 5.05. The Morgan fingerprint density at radius 2 is 2.06 bits per heavy atom. The van der Waals surface area contributed by atoms with Gasteiger partial charge in [-0.15, -0.1) is 0 Å². The molecule has 0 aliphatic carbocycles. The van der Waals surface area contributed by atoms with Gasteiger partial charge in [-0.25, -0.2) is 0 Å². The Bertz CT molecular complexity index is 397. The Labute approximate surface area is 109 Å². The first-order valence-corrected chi connectivity index (χ1v) is 6.08. The molecule has 0 radical (unpaired) electrons. The maximum absolute atomic E-state index is 11.8. The highest BCUT2D eigenvalue weighted by molar-refractivity contribution is 5.92. The highest BCUT2D eigenvalue weighted by atomic mass is 16.5. The number of benzene rings is 1. The Morgan fingerprint density at radius 3 is 2.67 bits per heavy atom. The lowest BCUT2D eigenvalue weighted by molar-refractivity contribution is -0.117. The van der Waals surface area contributed by atoms with E-state index in [0.29, 0.717) is 13.0 Å². The third-order valence-corrected chi connectivity index (χ3v) is 2.48. The third kappa shape index (κ3) is 5.29. The summed E-state index contributed by atoms with van der Waals surface area (Å²) in [6.45, 7) is 4.31. The molecule has 0 unspecified atom stereocenters. The average Bonchev–Trinajstić information content (AvgIpc) is 2.25. The van der Waals surface area contributed by atoms with Gasteiger partial charge in [0.05, 0.1) is 6.61 Å². The number of anilines is 1. The van der Waals surface area contributed by atoms with Gasteiger partial charge < -0.3 is 15.8 Å². The Hall–Kier alpha value is -1.39. The van der Waals surface area contributed by atoms with Gasteiger partial charge in [-0.05, 0) is 31.9 Å². The van der Waals surface area contributed by atoms with Crippen molar-refractivity contribution >= 4 is 11.6 Å². The highest BCUT2D eigenvalue weighted by Crippen LogP contribution is 2.17. The van der Waals surface area contributed by atoms with Crippen molar-refractivity contribution in [2.45, 2.75) is 32.2 Å². The van der Waals surface area contributed by atoms with E-state index in [2.05, 4.69) is 5.32 Å². The number of nitrogens with one attached hydrogen (secondary N) is 1. The molecule has 1 aromatic carbocycles. The number of rotatable bonds is 6. The molecule has 0 bridgehead atoms. The van der Waals surface area contributed by atoms with E-state index in [-0.39, 0.29) is 5.91 Å². The summed E-state index contributed by atoms with van der Waals surface area (Å²) in [5, 5.41) is 2.90. The SMILES string of the molecule is COCCc1ccccc1NC(=O)CC(C)(C)N. The molecule has 0 fully saturated rings. The smallest absolute Gasteiger partial charge is 0.226 e. The fraction of sp³-hybridized carbons (Fsp3) is 0.500. The lowest BCUT2D eigenvalue weighted by atomic mass is 10.0. The second kappa shape index (κ2) is 6.52. The van der Waals surface area contributed by atoms with E-state index in [1.165, 1.54) is 0 Å². The van der Waals surface area contributed by atoms with E-state index in [4.69, 9.17) is 10.5 Å². The first kappa shape index (κ1) is 14.7. The van der Waals surface area contributed by atoms with Crippen molar-refractivity contribution in [3.05, 3.63) is 29.8 Å². The normalized spacial score (nSPS) is 11.3. The molecule has 0 saturated heterocycles. The van der Waals surface area contributed by atoms with Gasteiger partial charge in [0.1, 0.15) is 0 Å². The molecule has 1 rings (SSSR count). The average molecular weight is 250 g/mol. The molecule has 0 spiro atoms. The number of hydrogen-bond acceptors (Lipinski definition) is 3. The lowest BCUT2D eigenvalue weighted by Gasteiger charge is -2.18. The summed E-state index contributed by atoms with van der Waals surface area (Å²) >= 11 is 0. The monoisotopic (exact) mass is 250 g/mol. The molecule has 0 aliphatic heterocycles. The number of ether oxygens (including phenoxy) is 1. The topological polar surface area (TPSA) is 64.3 Å². The van der Waals surface area contributed by atoms with Gasteiger partial charge in [-0.2, -0.15) is 0 Å². The van der Waals surface area contributed by atoms with Gasteiger partial charge in [0.25, 0.3) is 0 Å². The van der Waals surface area contributed by atoms with Crippen molar-refractivity contribution in [3.63, 3.8) is 0 Å². The van der Waals surface area contributed by atoms with E-state index in [9.17, 15) is 4.79 Å². The van der Waals surface area contributed by atoms with Crippen molar-refractivity contribution in [2.24, 2.45) is 5.73 Å². The van der Waals surface area contributed by atoms with Gasteiger partial charge in [0.2, 0.25) is 5.91 Å². The largest absolute Gasteiger partial charge is 0.384 e. The Morgan fingerprint density at radius 1 is 1.39 bits per heavy atom. The first-order chi connectivity index (χ1) is 8.42. The van der Waals surface area contributed by atoms with Crippen LogP contribution >= 0.6 is 0 Å². The predicted molar refractivity (Wildman–Crippen MR) is 73.5 cm³/mol. The van der Waals surface area contributed by atoms with E-state index in [1.54, 1.807) is 7.11 Å². The number of nitrogens with two attached hydrogens (primary N) is 1. The zero-order valence-electron chi connectivity index (χ0n) is 11.3. The van der Waals surface area contributed by atoms with Crippen LogP contribution in [-0.4, -0.2) is 25.2 Å². The second-order valence-corrected chi connectivity index (χ2v) is 5.11. The summed E-state index contributed by atoms with van der Waals surface area (Å²) in [5.41, 5.74) is 7.24. The van der Waals surface area contributed by atoms with Crippen LogP contribution in [0.2, 0.25) is 0 Å². The number of hydrogen-bond donors (Lipinski definition) is 2. The zero-order chi connectivity index (χ0) is 13.6. The molecule has 4 heteroatoms. The number of carbonyl (C=O) groups excluding carboxylic acids is 1. The van der Waals surface area contributed by atoms with E-state index in [0.717, 1.165) is 17.7 Å². The van der Waals surface area contributed by atoms with Crippen molar-refractivity contribution in [3.8, 4) is 0 Å². The maximum atomic E-state index is 11.8. The van der Waals surface area contributed by atoms with Crippen molar-refractivity contribution in [2.75, 3.05) is 19.0 Å². The standard InChI is InChI=1S/C14H22N2O2/c1-14(2,15)10-13(17)16-12-7-5-4-6-11(12)8-9-18-3/h4-7H,8-10,15H2,1-3H3,(H,16,17). The fourth-order valence-electron chi connectivity index (χ4n) is 1.68. The molecule has 0 atom stereocenters. The highest BCUT2D eigenvalue weighted by Gasteiger charge is 2.17. The second-order valence-electron chi connectivity index (χ2n) is 5.11. The van der Waals surface area contributed by atoms with E-state index in [1.807, 2.05) is 38.1 Å². The third-order valence-electron chi connectivity index (χ3n) is 2.48. The van der Waals surface area contributed by atoms with Crippen LogP contribution < -0.4 is 11.1 Å². The molecule has 0 aromatic heterocycles. The van der Waals surface area contributed by atoms with Crippen LogP contribution in [0.5, 0.6) is 0 Å². The van der Waals surface area contributed by atoms with Gasteiger partial charge in [0, 0.05) is 24.8 Å². The van der Waals surface area contributed by atoms with Gasteiger partial charge in [-0.3, -0.25) is 4.79 Å². The van der Waals surface area contributed by atoms with Crippen LogP contribution in [0.25, 0.3) is 0 Å². The van der Waals surface area contributed by atoms with Crippen LogP contribution in [-0.2, 0) is 16.0 Å². The van der Waals surface area contributed by atoms with Gasteiger partial charge >= 0.3 is 0 Å². The van der Waals surface area contributed by atoms with Crippen molar-refractivity contribution in [1.29, 1.82) is 0 Å². The summed E-state index contributed by atoms with van der Waals surface area (Å²) in [5.74, 6) is -0.0626. The molecule has 18 heavy (non-hydrogen) atoms. The van der Waals surface area contributed by atoms with Crippen LogP contribution in [0.1, 0.15) is 25.8 Å². The Balaban J connectivity index is 2.68. The molecule has 4 nitrogen and oxygen atoms in total. The minimum atomic E-state index is -0.494. The van der Waals surface area contributed by atoms with Crippen LogP contribution in [0, 0.1) is 0 Å². The molecule has 1 amide bonds. The first-order valence-electron chi connectivity index (χ1n) is 6.08. The summed E-state index contributed by atoms with van der Waals surface area (Å²) in [7, 11) is 1.66. The summed E-state index contributed by atoms with van der Waals surface area (Å²) in [6.07, 6.45) is 1.07. The molecule has 3 N–H and O–H groups in total. The number of amides is 1. The summed E-state index contributed by atoms with van der Waals surface area (Å²) in [4.78, 5) is 11.8. The number of para-hydroxylation sites is 1. The zero-order valence-corrected chi connectivity index (χ0v) is 11.3. The minimum Gasteiger partial charge on any atom is -0.384 e. The molecular weight excluding hydrogens is 228 g/mol. The van der Waals surface area contributed by atoms with Gasteiger partial charge in [-0.1, -0.05) is 18.2 Å². The lowest BCUT2D eigenvalue weighted by Crippen LogP contribution is -2.36. The molecule has 100 valence electrons. The number of methoxy groups -OCH3 is 1. The van der Waals surface area contributed by atoms with Crippen molar-refractivity contribution in [1.82, 2.24) is 0 Å². The van der Waals surface area contributed by atoms with Crippen LogP contribution in [0.4, 0.5) is 5.69 Å². The molecule has 1 aromatic rings. The molecule has 0 saturated carbocycles. The van der Waals surface area contributed by atoms with Crippen LogP contribution in [0.3, 0.4) is 0 Å². The fourth-order valence-corrected chi connectivity index (χ4v) is 1.68.